The SMILES string of the molecule is CC(CC1CC1)NC(=O)c1c(O)cccc1F. The van der Waals surface area contributed by atoms with Crippen LogP contribution in [0, 0.1) is 11.7 Å². The molecule has 1 aliphatic carbocycles. The smallest absolute Gasteiger partial charge is 0.258 e. The average Bonchev–Trinajstić information content (AvgIpc) is 3.00. The Labute approximate surface area is 99.7 Å². The summed E-state index contributed by atoms with van der Waals surface area (Å²) in [6.45, 7) is 1.90. The van der Waals surface area contributed by atoms with Crippen LogP contribution in [0.1, 0.15) is 36.5 Å². The van der Waals surface area contributed by atoms with Crippen molar-refractivity contribution in [1.82, 2.24) is 5.32 Å². The number of aromatic hydroxyl groups is 1. The van der Waals surface area contributed by atoms with Crippen LogP contribution in [0.5, 0.6) is 5.75 Å². The van der Waals surface area contributed by atoms with Gasteiger partial charge in [0, 0.05) is 6.04 Å². The van der Waals surface area contributed by atoms with Gasteiger partial charge < -0.3 is 10.4 Å². The number of nitrogens with one attached hydrogen (secondary N) is 1. The first kappa shape index (κ1) is 11.9. The molecule has 0 heterocycles. The minimum atomic E-state index is -0.693. The first-order valence-corrected chi connectivity index (χ1v) is 5.86. The van der Waals surface area contributed by atoms with Gasteiger partial charge in [-0.15, -0.1) is 0 Å². The molecule has 0 bridgehead atoms. The third kappa shape index (κ3) is 2.96. The molecule has 1 aliphatic rings. The van der Waals surface area contributed by atoms with Gasteiger partial charge in [-0.1, -0.05) is 18.9 Å². The summed E-state index contributed by atoms with van der Waals surface area (Å²) in [6, 6.07) is 3.85. The van der Waals surface area contributed by atoms with E-state index in [1.807, 2.05) is 6.92 Å². The maximum Gasteiger partial charge on any atom is 0.258 e. The first-order chi connectivity index (χ1) is 8.08. The lowest BCUT2D eigenvalue weighted by Gasteiger charge is -2.14. The van der Waals surface area contributed by atoms with E-state index >= 15 is 0 Å². The predicted octanol–water partition coefficient (Wildman–Crippen LogP) is 2.45. The molecule has 17 heavy (non-hydrogen) atoms. The van der Waals surface area contributed by atoms with Crippen molar-refractivity contribution in [1.29, 1.82) is 0 Å². The van der Waals surface area contributed by atoms with Crippen LogP contribution >= 0.6 is 0 Å². The fraction of sp³-hybridized carbons (Fsp3) is 0.462. The second-order valence-electron chi connectivity index (χ2n) is 4.69. The number of phenolic OH excluding ortho intramolecular Hbond substituents is 1. The fourth-order valence-corrected chi connectivity index (χ4v) is 1.95. The molecule has 2 rings (SSSR count). The standard InChI is InChI=1S/C13H16FNO2/c1-8(7-9-5-6-9)15-13(17)12-10(14)3-2-4-11(12)16/h2-4,8-9,16H,5-7H2,1H3,(H,15,17). The predicted molar refractivity (Wildman–Crippen MR) is 62.3 cm³/mol. The van der Waals surface area contributed by atoms with Crippen molar-refractivity contribution in [3.63, 3.8) is 0 Å². The number of carbonyl (C=O) groups excluding carboxylic acids is 1. The normalized spacial score (nSPS) is 16.6. The van der Waals surface area contributed by atoms with Crippen molar-refractivity contribution in [3.05, 3.63) is 29.6 Å². The van der Waals surface area contributed by atoms with Gasteiger partial charge in [-0.25, -0.2) is 4.39 Å². The molecule has 1 aromatic carbocycles. The summed E-state index contributed by atoms with van der Waals surface area (Å²) in [5.41, 5.74) is -0.268. The van der Waals surface area contributed by atoms with Gasteiger partial charge in [0.25, 0.3) is 5.91 Å². The van der Waals surface area contributed by atoms with E-state index in [-0.39, 0.29) is 17.4 Å². The molecule has 1 unspecified atom stereocenters. The van der Waals surface area contributed by atoms with Crippen LogP contribution in [-0.4, -0.2) is 17.1 Å². The van der Waals surface area contributed by atoms with E-state index in [1.54, 1.807) is 0 Å². The number of hydrogen-bond donors (Lipinski definition) is 2. The van der Waals surface area contributed by atoms with E-state index in [9.17, 15) is 14.3 Å². The Bertz CT molecular complexity index is 409. The van der Waals surface area contributed by atoms with Crippen molar-refractivity contribution in [3.8, 4) is 5.75 Å². The Hall–Kier alpha value is -1.58. The van der Waals surface area contributed by atoms with Crippen LogP contribution in [0.2, 0.25) is 0 Å². The second kappa shape index (κ2) is 4.73. The summed E-state index contributed by atoms with van der Waals surface area (Å²) in [4.78, 5) is 11.8. The lowest BCUT2D eigenvalue weighted by atomic mass is 10.1. The third-order valence-electron chi connectivity index (χ3n) is 2.98. The topological polar surface area (TPSA) is 49.3 Å². The van der Waals surface area contributed by atoms with Gasteiger partial charge in [-0.2, -0.15) is 0 Å². The maximum atomic E-state index is 13.4. The minimum Gasteiger partial charge on any atom is -0.507 e. The number of carbonyl (C=O) groups is 1. The molecule has 92 valence electrons. The monoisotopic (exact) mass is 237 g/mol. The summed E-state index contributed by atoms with van der Waals surface area (Å²) in [5.74, 6) is -0.865. The highest BCUT2D eigenvalue weighted by Gasteiger charge is 2.25. The van der Waals surface area contributed by atoms with Gasteiger partial charge in [0.05, 0.1) is 0 Å². The Balaban J connectivity index is 2.03. The van der Waals surface area contributed by atoms with E-state index in [4.69, 9.17) is 0 Å². The Morgan fingerprint density at radius 3 is 2.88 bits per heavy atom. The van der Waals surface area contributed by atoms with Crippen molar-refractivity contribution in [2.75, 3.05) is 0 Å². The van der Waals surface area contributed by atoms with Gasteiger partial charge >= 0.3 is 0 Å². The average molecular weight is 237 g/mol. The Kier molecular flexibility index (Phi) is 3.31. The summed E-state index contributed by atoms with van der Waals surface area (Å²) >= 11 is 0. The van der Waals surface area contributed by atoms with Crippen molar-refractivity contribution in [2.45, 2.75) is 32.2 Å². The fourth-order valence-electron chi connectivity index (χ4n) is 1.95. The van der Waals surface area contributed by atoms with Gasteiger partial charge in [0.2, 0.25) is 0 Å². The molecule has 1 amide bonds. The van der Waals surface area contributed by atoms with E-state index in [0.717, 1.165) is 6.42 Å². The highest BCUT2D eigenvalue weighted by molar-refractivity contribution is 5.97. The van der Waals surface area contributed by atoms with Gasteiger partial charge in [0.1, 0.15) is 17.1 Å². The summed E-state index contributed by atoms with van der Waals surface area (Å²) in [7, 11) is 0. The number of hydrogen-bond acceptors (Lipinski definition) is 2. The highest BCUT2D eigenvalue weighted by Crippen LogP contribution is 2.33. The number of rotatable bonds is 4. The van der Waals surface area contributed by atoms with Crippen LogP contribution in [0.25, 0.3) is 0 Å². The van der Waals surface area contributed by atoms with Crippen molar-refractivity contribution in [2.24, 2.45) is 5.92 Å². The largest absolute Gasteiger partial charge is 0.507 e. The van der Waals surface area contributed by atoms with Gasteiger partial charge in [-0.05, 0) is 31.4 Å². The zero-order chi connectivity index (χ0) is 12.4. The van der Waals surface area contributed by atoms with E-state index in [0.29, 0.717) is 5.92 Å². The summed E-state index contributed by atoms with van der Waals surface area (Å²) in [5, 5.41) is 12.2. The van der Waals surface area contributed by atoms with Crippen LogP contribution in [0.4, 0.5) is 4.39 Å². The highest BCUT2D eigenvalue weighted by atomic mass is 19.1. The van der Waals surface area contributed by atoms with Gasteiger partial charge in [-0.3, -0.25) is 4.79 Å². The number of benzene rings is 1. The maximum absolute atomic E-state index is 13.4. The second-order valence-corrected chi connectivity index (χ2v) is 4.69. The molecular formula is C13H16FNO2. The molecular weight excluding hydrogens is 221 g/mol. The van der Waals surface area contributed by atoms with E-state index < -0.39 is 11.7 Å². The van der Waals surface area contributed by atoms with Crippen LogP contribution in [-0.2, 0) is 0 Å². The van der Waals surface area contributed by atoms with Crippen molar-refractivity contribution < 1.29 is 14.3 Å². The molecule has 0 saturated heterocycles. The van der Waals surface area contributed by atoms with Crippen LogP contribution in [0.3, 0.4) is 0 Å². The molecule has 0 aromatic heterocycles. The molecule has 1 aromatic rings. The number of amides is 1. The van der Waals surface area contributed by atoms with Crippen LogP contribution in [0.15, 0.2) is 18.2 Å². The number of halogens is 1. The van der Waals surface area contributed by atoms with E-state index in [1.165, 1.54) is 31.0 Å². The molecule has 1 saturated carbocycles. The first-order valence-electron chi connectivity index (χ1n) is 5.86. The van der Waals surface area contributed by atoms with Crippen molar-refractivity contribution >= 4 is 5.91 Å². The molecule has 0 spiro atoms. The summed E-state index contributed by atoms with van der Waals surface area (Å²) in [6.07, 6.45) is 3.34. The summed E-state index contributed by atoms with van der Waals surface area (Å²) < 4.78 is 13.4. The molecule has 1 fully saturated rings. The lowest BCUT2D eigenvalue weighted by Crippen LogP contribution is -2.33. The molecule has 3 nitrogen and oxygen atoms in total. The van der Waals surface area contributed by atoms with Gasteiger partial charge in [0.15, 0.2) is 0 Å². The van der Waals surface area contributed by atoms with Crippen LogP contribution < -0.4 is 5.32 Å². The minimum absolute atomic E-state index is 0.00834. The quantitative estimate of drug-likeness (QED) is 0.845. The molecule has 4 heteroatoms. The zero-order valence-corrected chi connectivity index (χ0v) is 9.74. The zero-order valence-electron chi connectivity index (χ0n) is 9.74. The Morgan fingerprint density at radius 1 is 1.59 bits per heavy atom. The molecule has 2 N–H and O–H groups in total. The van der Waals surface area contributed by atoms with E-state index in [2.05, 4.69) is 5.32 Å². The molecule has 0 radical (unpaired) electrons. The Morgan fingerprint density at radius 2 is 2.29 bits per heavy atom. The lowest BCUT2D eigenvalue weighted by molar-refractivity contribution is 0.0930. The third-order valence-corrected chi connectivity index (χ3v) is 2.98. The molecule has 0 aliphatic heterocycles. The number of phenols is 1. The molecule has 1 atom stereocenters.